The zero-order chi connectivity index (χ0) is 14.5. The fourth-order valence-electron chi connectivity index (χ4n) is 2.50. The van der Waals surface area contributed by atoms with Gasteiger partial charge < -0.3 is 15.4 Å². The summed E-state index contributed by atoms with van der Waals surface area (Å²) in [6.07, 6.45) is 1.56. The molecule has 0 aromatic heterocycles. The number of thiocarbonyl (C=S) groups is 1. The average molecular weight is 292 g/mol. The minimum Gasteiger partial charge on any atom is -0.393 e. The molecule has 1 saturated heterocycles. The minimum atomic E-state index is -0.428. The maximum absolute atomic E-state index is 12.6. The van der Waals surface area contributed by atoms with Crippen molar-refractivity contribution in [2.75, 3.05) is 20.2 Å². The first kappa shape index (κ1) is 14.9. The van der Waals surface area contributed by atoms with Gasteiger partial charge in [-0.3, -0.25) is 4.79 Å². The highest BCUT2D eigenvalue weighted by Gasteiger charge is 2.32. The van der Waals surface area contributed by atoms with Gasteiger partial charge in [-0.05, 0) is 18.4 Å². The van der Waals surface area contributed by atoms with E-state index in [9.17, 15) is 4.79 Å². The van der Waals surface area contributed by atoms with Crippen molar-refractivity contribution >= 4 is 23.1 Å². The summed E-state index contributed by atoms with van der Waals surface area (Å²) in [6.45, 7) is 1.34. The van der Waals surface area contributed by atoms with Gasteiger partial charge >= 0.3 is 0 Å². The molecule has 1 amide bonds. The Labute approximate surface area is 124 Å². The highest BCUT2D eigenvalue weighted by molar-refractivity contribution is 7.80. The summed E-state index contributed by atoms with van der Waals surface area (Å²) in [6, 6.07) is 9.83. The van der Waals surface area contributed by atoms with Gasteiger partial charge in [-0.2, -0.15) is 0 Å². The van der Waals surface area contributed by atoms with Crippen LogP contribution >= 0.6 is 12.2 Å². The van der Waals surface area contributed by atoms with Crippen molar-refractivity contribution < 1.29 is 9.53 Å². The van der Waals surface area contributed by atoms with Gasteiger partial charge in [0, 0.05) is 20.2 Å². The number of carbonyl (C=O) groups is 1. The molecule has 108 valence electrons. The Hall–Kier alpha value is -1.46. The normalized spacial score (nSPS) is 19.9. The molecular formula is C15H20N2O2S. The van der Waals surface area contributed by atoms with Crippen molar-refractivity contribution in [3.8, 4) is 0 Å². The molecule has 1 aliphatic rings. The maximum Gasteiger partial charge on any atom is 0.232 e. The number of ether oxygens (including phenoxy) is 1. The Morgan fingerprint density at radius 1 is 1.50 bits per heavy atom. The largest absolute Gasteiger partial charge is 0.393 e. The molecule has 4 nitrogen and oxygen atoms in total. The Morgan fingerprint density at radius 3 is 2.75 bits per heavy atom. The van der Waals surface area contributed by atoms with Gasteiger partial charge in [0.25, 0.3) is 0 Å². The van der Waals surface area contributed by atoms with E-state index >= 15 is 0 Å². The summed E-state index contributed by atoms with van der Waals surface area (Å²) in [4.78, 5) is 14.6. The van der Waals surface area contributed by atoms with Crippen molar-refractivity contribution in [3.63, 3.8) is 0 Å². The van der Waals surface area contributed by atoms with Crippen LogP contribution in [0.5, 0.6) is 0 Å². The Morgan fingerprint density at radius 2 is 2.20 bits per heavy atom. The number of hydrogen-bond donors (Lipinski definition) is 1. The molecule has 0 radical (unpaired) electrons. The van der Waals surface area contributed by atoms with Gasteiger partial charge in [0.15, 0.2) is 0 Å². The monoisotopic (exact) mass is 292 g/mol. The molecule has 1 fully saturated rings. The summed E-state index contributed by atoms with van der Waals surface area (Å²) < 4.78 is 5.29. The quantitative estimate of drug-likeness (QED) is 0.833. The first-order valence-corrected chi connectivity index (χ1v) is 7.17. The molecular weight excluding hydrogens is 272 g/mol. The molecule has 1 aromatic carbocycles. The minimum absolute atomic E-state index is 0.0147. The number of benzene rings is 1. The van der Waals surface area contributed by atoms with Crippen LogP contribution in [0.4, 0.5) is 0 Å². The third kappa shape index (κ3) is 3.55. The van der Waals surface area contributed by atoms with E-state index in [1.807, 2.05) is 30.3 Å². The fraction of sp³-hybridized carbons (Fsp3) is 0.467. The molecule has 2 unspecified atom stereocenters. The smallest absolute Gasteiger partial charge is 0.232 e. The van der Waals surface area contributed by atoms with E-state index in [0.29, 0.717) is 19.5 Å². The third-order valence-electron chi connectivity index (χ3n) is 3.71. The fourth-order valence-corrected chi connectivity index (χ4v) is 2.68. The summed E-state index contributed by atoms with van der Waals surface area (Å²) >= 11 is 5.08. The number of carbonyl (C=O) groups excluding carboxylic acids is 1. The van der Waals surface area contributed by atoms with Crippen molar-refractivity contribution in [1.29, 1.82) is 0 Å². The topological polar surface area (TPSA) is 55.6 Å². The number of likely N-dealkylation sites (tertiary alicyclic amines) is 1. The van der Waals surface area contributed by atoms with E-state index in [1.165, 1.54) is 0 Å². The van der Waals surface area contributed by atoms with Crippen molar-refractivity contribution in [2.45, 2.75) is 18.9 Å². The third-order valence-corrected chi connectivity index (χ3v) is 4.00. The highest BCUT2D eigenvalue weighted by Crippen LogP contribution is 2.18. The zero-order valence-corrected chi connectivity index (χ0v) is 12.4. The first-order valence-electron chi connectivity index (χ1n) is 6.76. The zero-order valence-electron chi connectivity index (χ0n) is 11.6. The standard InChI is InChI=1S/C15H20N2O2S/c1-19-12-7-8-17(10-12)15(18)13(14(16)20)9-11-5-3-2-4-6-11/h2-6,12-13H,7-10H2,1H3,(H2,16,20). The van der Waals surface area contributed by atoms with Crippen LogP contribution in [-0.4, -0.2) is 42.1 Å². The van der Waals surface area contributed by atoms with Crippen LogP contribution in [0.3, 0.4) is 0 Å². The molecule has 0 aliphatic carbocycles. The molecule has 20 heavy (non-hydrogen) atoms. The predicted molar refractivity (Wildman–Crippen MR) is 82.4 cm³/mol. The Bertz CT molecular complexity index is 478. The van der Waals surface area contributed by atoms with Gasteiger partial charge in [0.2, 0.25) is 5.91 Å². The van der Waals surface area contributed by atoms with Gasteiger partial charge in [0.05, 0.1) is 17.0 Å². The molecule has 2 atom stereocenters. The van der Waals surface area contributed by atoms with E-state index in [0.717, 1.165) is 12.0 Å². The van der Waals surface area contributed by atoms with E-state index in [-0.39, 0.29) is 17.0 Å². The molecule has 1 heterocycles. The molecule has 0 bridgehead atoms. The number of rotatable bonds is 5. The highest BCUT2D eigenvalue weighted by atomic mass is 32.1. The second-order valence-electron chi connectivity index (χ2n) is 5.08. The van der Waals surface area contributed by atoms with E-state index < -0.39 is 5.92 Å². The second kappa shape index (κ2) is 6.81. The molecule has 1 aliphatic heterocycles. The Balaban J connectivity index is 2.05. The van der Waals surface area contributed by atoms with Crippen molar-refractivity contribution in [2.24, 2.45) is 11.7 Å². The van der Waals surface area contributed by atoms with Crippen LogP contribution in [0.2, 0.25) is 0 Å². The van der Waals surface area contributed by atoms with Gasteiger partial charge in [-0.15, -0.1) is 0 Å². The van der Waals surface area contributed by atoms with Crippen LogP contribution in [0.1, 0.15) is 12.0 Å². The van der Waals surface area contributed by atoms with Crippen LogP contribution in [-0.2, 0) is 16.0 Å². The molecule has 5 heteroatoms. The Kier molecular flexibility index (Phi) is 5.09. The number of hydrogen-bond acceptors (Lipinski definition) is 3. The van der Waals surface area contributed by atoms with Gasteiger partial charge in [-0.1, -0.05) is 42.5 Å². The lowest BCUT2D eigenvalue weighted by molar-refractivity contribution is -0.132. The van der Waals surface area contributed by atoms with E-state index in [4.69, 9.17) is 22.7 Å². The first-order chi connectivity index (χ1) is 9.61. The average Bonchev–Trinajstić information content (AvgIpc) is 2.94. The molecule has 2 N–H and O–H groups in total. The maximum atomic E-state index is 12.6. The summed E-state index contributed by atoms with van der Waals surface area (Å²) in [5.41, 5.74) is 6.84. The summed E-state index contributed by atoms with van der Waals surface area (Å²) in [7, 11) is 1.67. The molecule has 1 aromatic rings. The lowest BCUT2D eigenvalue weighted by atomic mass is 9.98. The van der Waals surface area contributed by atoms with Crippen molar-refractivity contribution in [1.82, 2.24) is 4.90 Å². The van der Waals surface area contributed by atoms with Crippen LogP contribution in [0, 0.1) is 5.92 Å². The number of methoxy groups -OCH3 is 1. The predicted octanol–water partition coefficient (Wildman–Crippen LogP) is 1.38. The SMILES string of the molecule is COC1CCN(C(=O)C(Cc2ccccc2)C(N)=S)C1. The lowest BCUT2D eigenvalue weighted by Crippen LogP contribution is -2.41. The van der Waals surface area contributed by atoms with Crippen LogP contribution in [0.15, 0.2) is 30.3 Å². The van der Waals surface area contributed by atoms with E-state index in [2.05, 4.69) is 0 Å². The molecule has 0 spiro atoms. The van der Waals surface area contributed by atoms with Crippen LogP contribution < -0.4 is 5.73 Å². The summed E-state index contributed by atoms with van der Waals surface area (Å²) in [5.74, 6) is -0.413. The van der Waals surface area contributed by atoms with Gasteiger partial charge in [0.1, 0.15) is 0 Å². The van der Waals surface area contributed by atoms with Crippen molar-refractivity contribution in [3.05, 3.63) is 35.9 Å². The molecule has 2 rings (SSSR count). The lowest BCUT2D eigenvalue weighted by Gasteiger charge is -2.22. The number of amides is 1. The second-order valence-corrected chi connectivity index (χ2v) is 5.55. The molecule has 0 saturated carbocycles. The number of nitrogens with zero attached hydrogens (tertiary/aromatic N) is 1. The summed E-state index contributed by atoms with van der Waals surface area (Å²) in [5, 5.41) is 0. The number of nitrogens with two attached hydrogens (primary N) is 1. The van der Waals surface area contributed by atoms with Crippen LogP contribution in [0.25, 0.3) is 0 Å². The van der Waals surface area contributed by atoms with Gasteiger partial charge in [-0.25, -0.2) is 0 Å². The van der Waals surface area contributed by atoms with E-state index in [1.54, 1.807) is 12.0 Å².